The largest absolute Gasteiger partial charge is 0.501 e. The first-order chi connectivity index (χ1) is 24.3. The molecule has 0 aliphatic rings. The Kier molecular flexibility index (Phi) is 9.33. The van der Waals surface area contributed by atoms with Gasteiger partial charge in [0.15, 0.2) is 0 Å². The van der Waals surface area contributed by atoms with Crippen LogP contribution >= 0.6 is 0 Å². The molecule has 0 unspecified atom stereocenters. The van der Waals surface area contributed by atoms with Crippen molar-refractivity contribution in [3.63, 3.8) is 0 Å². The molecule has 50 heavy (non-hydrogen) atoms. The Morgan fingerprint density at radius 3 is 2.26 bits per heavy atom. The van der Waals surface area contributed by atoms with E-state index in [1.54, 1.807) is 4.57 Å². The molecule has 0 spiro atoms. The number of imidazole rings is 1. The standard InChI is InChI=1S/C26H22NOSi.C18H19N2.Ir/c1-29(2,3)20-13-11-18(12-14-20)19-15-16-27-24(17-19)23-9-6-8-22-21-7-4-5-10-25(21)28-26(22)23;1-18(2,3)13-20-16-12-8-7-11-15(16)19-17(20)14-9-5-4-6-10-14;/h4-8,10-17H,1-3H3;4-9,11-12H,13H2,1-3H3;/q2*-1;/i;13D2;. The predicted molar refractivity (Wildman–Crippen MR) is 208 cm³/mol. The second kappa shape index (κ2) is 14.3. The van der Waals surface area contributed by atoms with Gasteiger partial charge in [0.25, 0.3) is 0 Å². The molecule has 3 heterocycles. The molecule has 0 fully saturated rings. The van der Waals surface area contributed by atoms with Crippen molar-refractivity contribution in [3.8, 4) is 33.8 Å². The van der Waals surface area contributed by atoms with Crippen molar-refractivity contribution in [1.29, 1.82) is 0 Å². The third-order valence-corrected chi connectivity index (χ3v) is 10.5. The van der Waals surface area contributed by atoms with Crippen molar-refractivity contribution in [2.24, 2.45) is 5.41 Å². The first kappa shape index (κ1) is 32.6. The molecule has 0 saturated carbocycles. The van der Waals surface area contributed by atoms with E-state index in [2.05, 4.69) is 90.3 Å². The van der Waals surface area contributed by atoms with Crippen LogP contribution in [0.4, 0.5) is 0 Å². The zero-order valence-electron chi connectivity index (χ0n) is 31.2. The van der Waals surface area contributed by atoms with Crippen molar-refractivity contribution in [3.05, 3.63) is 140 Å². The van der Waals surface area contributed by atoms with Gasteiger partial charge in [0.05, 0.1) is 30.5 Å². The van der Waals surface area contributed by atoms with Crippen LogP contribution in [0.5, 0.6) is 0 Å². The van der Waals surface area contributed by atoms with Crippen LogP contribution in [0.15, 0.2) is 132 Å². The first-order valence-corrected chi connectivity index (χ1v) is 20.2. The second-order valence-electron chi connectivity index (χ2n) is 14.3. The van der Waals surface area contributed by atoms with Gasteiger partial charge in [-0.15, -0.1) is 54.1 Å². The summed E-state index contributed by atoms with van der Waals surface area (Å²) in [5.74, 6) is 0.613. The van der Waals surface area contributed by atoms with E-state index < -0.39 is 20.0 Å². The fourth-order valence-corrected chi connectivity index (χ4v) is 7.14. The molecule has 0 N–H and O–H groups in total. The zero-order chi connectivity index (χ0) is 36.0. The van der Waals surface area contributed by atoms with Gasteiger partial charge in [0.1, 0.15) is 5.58 Å². The summed E-state index contributed by atoms with van der Waals surface area (Å²) < 4.78 is 25.2. The average Bonchev–Trinajstić information content (AvgIpc) is 3.71. The van der Waals surface area contributed by atoms with Gasteiger partial charge in [-0.1, -0.05) is 117 Å². The fourth-order valence-electron chi connectivity index (χ4n) is 5.98. The van der Waals surface area contributed by atoms with Gasteiger partial charge in [-0.3, -0.25) is 4.98 Å². The summed E-state index contributed by atoms with van der Waals surface area (Å²) in [6.45, 7) is 11.2. The Bertz CT molecular complexity index is 2480. The summed E-state index contributed by atoms with van der Waals surface area (Å²) in [6, 6.07) is 47.0. The van der Waals surface area contributed by atoms with E-state index in [0.717, 1.165) is 55.4 Å². The van der Waals surface area contributed by atoms with Gasteiger partial charge >= 0.3 is 0 Å². The van der Waals surface area contributed by atoms with E-state index in [0.29, 0.717) is 5.82 Å². The van der Waals surface area contributed by atoms with E-state index in [-0.39, 0.29) is 20.1 Å². The van der Waals surface area contributed by atoms with Crippen LogP contribution in [-0.2, 0) is 26.6 Å². The Labute approximate surface area is 312 Å². The number of aromatic nitrogens is 3. The first-order valence-electron chi connectivity index (χ1n) is 17.7. The summed E-state index contributed by atoms with van der Waals surface area (Å²) >= 11 is 0. The third kappa shape index (κ3) is 7.44. The van der Waals surface area contributed by atoms with Crippen molar-refractivity contribution >= 4 is 46.2 Å². The number of hydrogen-bond donors (Lipinski definition) is 0. The quantitative estimate of drug-likeness (QED) is 0.128. The maximum Gasteiger partial charge on any atom is 0.120 e. The Morgan fingerprint density at radius 1 is 0.780 bits per heavy atom. The minimum absolute atomic E-state index is 0. The molecular weight excluding hydrogens is 807 g/mol. The molecule has 1 radical (unpaired) electrons. The molecular formula is C44H41IrN3OSi-2. The number of para-hydroxylation sites is 3. The fraction of sp³-hybridized carbons (Fsp3) is 0.182. The summed E-state index contributed by atoms with van der Waals surface area (Å²) in [5, 5.41) is 3.69. The summed E-state index contributed by atoms with van der Waals surface area (Å²) in [4.78, 5) is 9.28. The summed E-state index contributed by atoms with van der Waals surface area (Å²) in [6.07, 6.45) is 1.87. The van der Waals surface area contributed by atoms with Crippen LogP contribution in [0.2, 0.25) is 19.6 Å². The SMILES string of the molecule is C[Si](C)(C)c1ccc(-c2ccnc(-c3[c-]ccc4c3oc3ccccc34)c2)cc1.[2H]C([2H])(n1c(-c2[c-]cccc2)nc2ccccc21)C(C)(C)C.[Ir]. The zero-order valence-corrected chi connectivity index (χ0v) is 32.6. The third-order valence-electron chi connectivity index (χ3n) is 8.40. The molecule has 6 heteroatoms. The number of fused-ring (bicyclic) bond motifs is 4. The van der Waals surface area contributed by atoms with Crippen LogP contribution < -0.4 is 5.19 Å². The van der Waals surface area contributed by atoms with E-state index in [4.69, 9.17) is 7.16 Å². The van der Waals surface area contributed by atoms with Crippen LogP contribution in [0, 0.1) is 17.5 Å². The molecule has 4 nitrogen and oxygen atoms in total. The minimum Gasteiger partial charge on any atom is -0.501 e. The number of benzene rings is 5. The molecule has 8 rings (SSSR count). The summed E-state index contributed by atoms with van der Waals surface area (Å²) in [5.41, 5.74) is 7.69. The van der Waals surface area contributed by atoms with E-state index in [1.807, 2.05) is 99.8 Å². The molecule has 253 valence electrons. The number of rotatable bonds is 5. The molecule has 8 aromatic rings. The van der Waals surface area contributed by atoms with Gasteiger partial charge in [0.2, 0.25) is 0 Å². The normalized spacial score (nSPS) is 12.6. The Balaban J connectivity index is 0.000000182. The number of furan rings is 1. The molecule has 3 aromatic heterocycles. The van der Waals surface area contributed by atoms with Gasteiger partial charge < -0.3 is 14.0 Å². The smallest absolute Gasteiger partial charge is 0.120 e. The van der Waals surface area contributed by atoms with Crippen molar-refractivity contribution < 1.29 is 27.3 Å². The molecule has 0 amide bonds. The maximum atomic E-state index is 8.68. The average molecular weight is 850 g/mol. The summed E-state index contributed by atoms with van der Waals surface area (Å²) in [7, 11) is -1.30. The van der Waals surface area contributed by atoms with Crippen LogP contribution in [0.25, 0.3) is 66.7 Å². The monoisotopic (exact) mass is 850 g/mol. The molecule has 5 aromatic carbocycles. The maximum absolute atomic E-state index is 8.68. The van der Waals surface area contributed by atoms with Crippen LogP contribution in [0.1, 0.15) is 23.5 Å². The van der Waals surface area contributed by atoms with Crippen molar-refractivity contribution in [2.75, 3.05) is 0 Å². The van der Waals surface area contributed by atoms with Gasteiger partial charge in [-0.2, -0.15) is 0 Å². The van der Waals surface area contributed by atoms with E-state index in [9.17, 15) is 0 Å². The van der Waals surface area contributed by atoms with Crippen LogP contribution in [-0.4, -0.2) is 22.6 Å². The topological polar surface area (TPSA) is 43.9 Å². The molecule has 0 atom stereocenters. The Hall–Kier alpha value is -4.61. The molecule has 0 aliphatic heterocycles. The number of pyridine rings is 1. The van der Waals surface area contributed by atoms with Gasteiger partial charge in [-0.05, 0) is 46.5 Å². The van der Waals surface area contributed by atoms with E-state index >= 15 is 0 Å². The van der Waals surface area contributed by atoms with Crippen LogP contribution in [0.3, 0.4) is 0 Å². The van der Waals surface area contributed by atoms with E-state index in [1.165, 1.54) is 10.8 Å². The van der Waals surface area contributed by atoms with Crippen molar-refractivity contribution in [2.45, 2.75) is 46.9 Å². The number of hydrogen-bond acceptors (Lipinski definition) is 3. The van der Waals surface area contributed by atoms with Gasteiger partial charge in [-0.25, -0.2) is 0 Å². The minimum atomic E-state index is -1.58. The van der Waals surface area contributed by atoms with Crippen molar-refractivity contribution in [1.82, 2.24) is 14.5 Å². The Morgan fingerprint density at radius 2 is 1.52 bits per heavy atom. The number of nitrogens with zero attached hydrogens (tertiary/aromatic N) is 3. The molecule has 0 bridgehead atoms. The molecule has 0 aliphatic carbocycles. The predicted octanol–water partition coefficient (Wildman–Crippen LogP) is 11.2. The molecule has 0 saturated heterocycles. The second-order valence-corrected chi connectivity index (χ2v) is 19.4. The van der Waals surface area contributed by atoms with Gasteiger partial charge in [0, 0.05) is 40.9 Å².